The normalized spacial score (nSPS) is 11.8. The third-order valence-corrected chi connectivity index (χ3v) is 1.33. The molecule has 0 aromatic heterocycles. The Morgan fingerprint density at radius 2 is 2.09 bits per heavy atom. The Kier molecular flexibility index (Phi) is 9.47. The Bertz CT molecular complexity index is 103. The lowest BCUT2D eigenvalue weighted by Gasteiger charge is -2.10. The van der Waals surface area contributed by atoms with Crippen molar-refractivity contribution >= 4 is 18.4 Å². The average molecular weight is 182 g/mol. The van der Waals surface area contributed by atoms with Crippen LogP contribution in [-0.4, -0.2) is 23.7 Å². The molecule has 0 amide bonds. The number of halogens is 1. The summed E-state index contributed by atoms with van der Waals surface area (Å²) in [5, 5.41) is 11.5. The molecular formula is C7H16ClNO2. The van der Waals surface area contributed by atoms with Gasteiger partial charge in [0.15, 0.2) is 0 Å². The van der Waals surface area contributed by atoms with Crippen molar-refractivity contribution in [3.63, 3.8) is 0 Å². The number of hydrogen-bond donors (Lipinski definition) is 2. The van der Waals surface area contributed by atoms with Crippen LogP contribution >= 0.6 is 12.4 Å². The SMILES string of the molecule is CCCC(NCC)C(=O)O.Cl. The molecule has 0 fully saturated rings. The third kappa shape index (κ3) is 6.13. The number of hydrogen-bond acceptors (Lipinski definition) is 2. The van der Waals surface area contributed by atoms with Crippen molar-refractivity contribution in [1.29, 1.82) is 0 Å². The van der Waals surface area contributed by atoms with Gasteiger partial charge in [-0.3, -0.25) is 4.79 Å². The van der Waals surface area contributed by atoms with Gasteiger partial charge in [0.1, 0.15) is 6.04 Å². The first kappa shape index (κ1) is 13.3. The molecule has 0 aromatic rings. The van der Waals surface area contributed by atoms with E-state index < -0.39 is 5.97 Å². The lowest BCUT2D eigenvalue weighted by atomic mass is 10.2. The zero-order valence-corrected chi connectivity index (χ0v) is 7.78. The summed E-state index contributed by atoms with van der Waals surface area (Å²) in [6.07, 6.45) is 1.62. The predicted octanol–water partition coefficient (Wildman–Crippen LogP) is 1.27. The first-order chi connectivity index (χ1) is 4.72. The lowest BCUT2D eigenvalue weighted by molar-refractivity contribution is -0.139. The number of carboxylic acid groups (broad SMARTS) is 1. The van der Waals surface area contributed by atoms with Gasteiger partial charge in [0.25, 0.3) is 0 Å². The lowest BCUT2D eigenvalue weighted by Crippen LogP contribution is -2.36. The van der Waals surface area contributed by atoms with Gasteiger partial charge in [0, 0.05) is 0 Å². The van der Waals surface area contributed by atoms with E-state index in [0.29, 0.717) is 6.42 Å². The Balaban J connectivity index is 0. The predicted molar refractivity (Wildman–Crippen MR) is 47.3 cm³/mol. The van der Waals surface area contributed by atoms with E-state index in [0.717, 1.165) is 13.0 Å². The molecule has 3 nitrogen and oxygen atoms in total. The minimum Gasteiger partial charge on any atom is -0.480 e. The van der Waals surface area contributed by atoms with Crippen molar-refractivity contribution in [2.24, 2.45) is 0 Å². The van der Waals surface area contributed by atoms with Crippen LogP contribution in [0.2, 0.25) is 0 Å². The summed E-state index contributed by atoms with van der Waals surface area (Å²) in [5.74, 6) is -0.747. The molecule has 4 heteroatoms. The molecule has 0 rings (SSSR count). The van der Waals surface area contributed by atoms with Crippen LogP contribution in [0.25, 0.3) is 0 Å². The minimum atomic E-state index is -0.747. The van der Waals surface area contributed by atoms with Crippen LogP contribution in [-0.2, 0) is 4.79 Å². The van der Waals surface area contributed by atoms with Gasteiger partial charge in [0.2, 0.25) is 0 Å². The molecule has 0 bridgehead atoms. The van der Waals surface area contributed by atoms with Crippen LogP contribution in [0.15, 0.2) is 0 Å². The number of carbonyl (C=O) groups is 1. The summed E-state index contributed by atoms with van der Waals surface area (Å²) in [5.41, 5.74) is 0. The highest BCUT2D eigenvalue weighted by atomic mass is 35.5. The molecule has 0 aromatic carbocycles. The van der Waals surface area contributed by atoms with Crippen molar-refractivity contribution in [2.45, 2.75) is 32.7 Å². The topological polar surface area (TPSA) is 49.3 Å². The summed E-state index contributed by atoms with van der Waals surface area (Å²) < 4.78 is 0. The zero-order chi connectivity index (χ0) is 7.98. The molecular weight excluding hydrogens is 166 g/mol. The van der Waals surface area contributed by atoms with Gasteiger partial charge in [0.05, 0.1) is 0 Å². The van der Waals surface area contributed by atoms with E-state index in [9.17, 15) is 4.79 Å². The fraction of sp³-hybridized carbons (Fsp3) is 0.857. The number of aliphatic carboxylic acids is 1. The second-order valence-electron chi connectivity index (χ2n) is 2.24. The minimum absolute atomic E-state index is 0. The summed E-state index contributed by atoms with van der Waals surface area (Å²) in [7, 11) is 0. The molecule has 0 saturated heterocycles. The monoisotopic (exact) mass is 181 g/mol. The summed E-state index contributed by atoms with van der Waals surface area (Å²) in [6.45, 7) is 4.61. The van der Waals surface area contributed by atoms with E-state index in [1.54, 1.807) is 0 Å². The van der Waals surface area contributed by atoms with Crippen molar-refractivity contribution in [3.8, 4) is 0 Å². The summed E-state index contributed by atoms with van der Waals surface area (Å²) in [6, 6.07) is -0.352. The fourth-order valence-electron chi connectivity index (χ4n) is 0.848. The Labute approximate surface area is 73.6 Å². The van der Waals surface area contributed by atoms with Gasteiger partial charge in [-0.15, -0.1) is 12.4 Å². The molecule has 0 aliphatic carbocycles. The van der Waals surface area contributed by atoms with Gasteiger partial charge in [-0.1, -0.05) is 20.3 Å². The molecule has 2 N–H and O–H groups in total. The van der Waals surface area contributed by atoms with Gasteiger partial charge in [-0.2, -0.15) is 0 Å². The van der Waals surface area contributed by atoms with E-state index in [1.807, 2.05) is 13.8 Å². The molecule has 68 valence electrons. The quantitative estimate of drug-likeness (QED) is 0.672. The van der Waals surface area contributed by atoms with Gasteiger partial charge >= 0.3 is 5.97 Å². The van der Waals surface area contributed by atoms with Crippen molar-refractivity contribution in [3.05, 3.63) is 0 Å². The molecule has 0 heterocycles. The van der Waals surface area contributed by atoms with Crippen LogP contribution in [0.1, 0.15) is 26.7 Å². The van der Waals surface area contributed by atoms with Crippen LogP contribution in [0, 0.1) is 0 Å². The highest BCUT2D eigenvalue weighted by Gasteiger charge is 2.13. The zero-order valence-electron chi connectivity index (χ0n) is 6.96. The number of rotatable bonds is 5. The van der Waals surface area contributed by atoms with Crippen molar-refractivity contribution < 1.29 is 9.90 Å². The number of nitrogens with one attached hydrogen (secondary N) is 1. The molecule has 0 spiro atoms. The highest BCUT2D eigenvalue weighted by Crippen LogP contribution is 1.95. The van der Waals surface area contributed by atoms with Gasteiger partial charge in [-0.25, -0.2) is 0 Å². The third-order valence-electron chi connectivity index (χ3n) is 1.33. The largest absolute Gasteiger partial charge is 0.480 e. The Hall–Kier alpha value is -0.280. The standard InChI is InChI=1S/C7H15NO2.ClH/c1-3-5-6(7(9)10)8-4-2;/h6,8H,3-5H2,1-2H3,(H,9,10);1H. The maximum Gasteiger partial charge on any atom is 0.320 e. The van der Waals surface area contributed by atoms with Gasteiger partial charge < -0.3 is 10.4 Å². The van der Waals surface area contributed by atoms with E-state index >= 15 is 0 Å². The van der Waals surface area contributed by atoms with Crippen molar-refractivity contribution in [1.82, 2.24) is 5.32 Å². The maximum atomic E-state index is 10.4. The fourth-order valence-corrected chi connectivity index (χ4v) is 0.848. The molecule has 1 atom stereocenters. The molecule has 0 saturated carbocycles. The highest BCUT2D eigenvalue weighted by molar-refractivity contribution is 5.85. The van der Waals surface area contributed by atoms with Crippen molar-refractivity contribution in [2.75, 3.05) is 6.54 Å². The summed E-state index contributed by atoms with van der Waals surface area (Å²) in [4.78, 5) is 10.4. The first-order valence-corrected chi connectivity index (χ1v) is 3.68. The molecule has 11 heavy (non-hydrogen) atoms. The second kappa shape index (κ2) is 7.82. The van der Waals surface area contributed by atoms with Crippen LogP contribution in [0.4, 0.5) is 0 Å². The molecule has 0 aliphatic heterocycles. The van der Waals surface area contributed by atoms with Crippen LogP contribution in [0.5, 0.6) is 0 Å². The van der Waals surface area contributed by atoms with E-state index in [1.165, 1.54) is 0 Å². The van der Waals surface area contributed by atoms with Gasteiger partial charge in [-0.05, 0) is 13.0 Å². The molecule has 0 aliphatic rings. The number of likely N-dealkylation sites (N-methyl/N-ethyl adjacent to an activating group) is 1. The van der Waals surface area contributed by atoms with E-state index in [2.05, 4.69) is 5.32 Å². The smallest absolute Gasteiger partial charge is 0.320 e. The Morgan fingerprint density at radius 3 is 2.36 bits per heavy atom. The van der Waals surface area contributed by atoms with E-state index in [4.69, 9.17) is 5.11 Å². The maximum absolute atomic E-state index is 10.4. The molecule has 1 unspecified atom stereocenters. The van der Waals surface area contributed by atoms with Crippen LogP contribution < -0.4 is 5.32 Å². The Morgan fingerprint density at radius 1 is 1.55 bits per heavy atom. The van der Waals surface area contributed by atoms with E-state index in [-0.39, 0.29) is 18.4 Å². The first-order valence-electron chi connectivity index (χ1n) is 3.68. The summed E-state index contributed by atoms with van der Waals surface area (Å²) >= 11 is 0. The molecule has 0 radical (unpaired) electrons. The van der Waals surface area contributed by atoms with Crippen LogP contribution in [0.3, 0.4) is 0 Å². The second-order valence-corrected chi connectivity index (χ2v) is 2.24. The number of carboxylic acids is 1. The average Bonchev–Trinajstić information content (AvgIpc) is 1.87.